The van der Waals surface area contributed by atoms with Crippen LogP contribution in [-0.2, 0) is 26.7 Å². The summed E-state index contributed by atoms with van der Waals surface area (Å²) in [5.74, 6) is 1.59. The SMILES string of the molecule is COc1cc(N2C3CCC2c2c(-c4c(OC)ncnc4C4CC4)nn(C)c2C3)ccc1-c1nc(C(F)(F)F)cn1C. The van der Waals surface area contributed by atoms with E-state index in [0.717, 1.165) is 60.9 Å². The smallest absolute Gasteiger partial charge is 0.434 e. The number of fused-ring (bicyclic) bond motifs is 4. The van der Waals surface area contributed by atoms with Gasteiger partial charge in [0, 0.05) is 61.7 Å². The molecule has 1 saturated carbocycles. The van der Waals surface area contributed by atoms with E-state index in [0.29, 0.717) is 23.1 Å². The normalized spacial score (nSPS) is 19.9. The third kappa shape index (κ3) is 4.06. The quantitative estimate of drug-likeness (QED) is 0.307. The van der Waals surface area contributed by atoms with Crippen molar-refractivity contribution < 1.29 is 22.6 Å². The van der Waals surface area contributed by atoms with E-state index in [4.69, 9.17) is 14.6 Å². The summed E-state index contributed by atoms with van der Waals surface area (Å²) in [5, 5.41) is 5.01. The van der Waals surface area contributed by atoms with Crippen molar-refractivity contribution in [1.29, 1.82) is 0 Å². The maximum absolute atomic E-state index is 13.3. The molecule has 4 aromatic rings. The molecular formula is C29H30F3N7O2. The minimum absolute atomic E-state index is 0.0602. The summed E-state index contributed by atoms with van der Waals surface area (Å²) in [6.07, 6.45) is 2.99. The number of rotatable bonds is 6. The molecule has 0 N–H and O–H groups in total. The van der Waals surface area contributed by atoms with Gasteiger partial charge in [0.25, 0.3) is 0 Å². The highest BCUT2D eigenvalue weighted by Gasteiger charge is 2.45. The van der Waals surface area contributed by atoms with Crippen LogP contribution in [0.3, 0.4) is 0 Å². The standard InChI is InChI=1S/C29H30F3N7O2/c1-37-13-22(29(30,31)32)35-27(37)18-9-7-17(12-21(18)40-3)39-16-8-10-19(39)23-20(11-16)38(2)36-26(23)24-25(15-5-6-15)33-14-34-28(24)41-4/h7,9,12-16,19H,5-6,8,10-11H2,1-4H3. The molecular weight excluding hydrogens is 535 g/mol. The van der Waals surface area contributed by atoms with Crippen molar-refractivity contribution >= 4 is 5.69 Å². The fraction of sp³-hybridized carbons (Fsp3) is 0.448. The molecule has 2 atom stereocenters. The Morgan fingerprint density at radius 3 is 2.49 bits per heavy atom. The second kappa shape index (κ2) is 9.22. The fourth-order valence-corrected chi connectivity index (χ4v) is 6.64. The first-order valence-electron chi connectivity index (χ1n) is 13.7. The zero-order chi connectivity index (χ0) is 28.6. The van der Waals surface area contributed by atoms with Gasteiger partial charge in [0.05, 0.1) is 37.1 Å². The van der Waals surface area contributed by atoms with Crippen molar-refractivity contribution in [3.63, 3.8) is 0 Å². The van der Waals surface area contributed by atoms with Gasteiger partial charge in [-0.1, -0.05) is 0 Å². The maximum Gasteiger partial charge on any atom is 0.434 e. The minimum Gasteiger partial charge on any atom is -0.496 e. The Kier molecular flexibility index (Phi) is 5.81. The predicted octanol–water partition coefficient (Wildman–Crippen LogP) is 5.46. The van der Waals surface area contributed by atoms with Gasteiger partial charge >= 0.3 is 6.18 Å². The Morgan fingerprint density at radius 1 is 1.00 bits per heavy atom. The molecule has 12 heteroatoms. The van der Waals surface area contributed by atoms with Gasteiger partial charge in [-0.15, -0.1) is 0 Å². The summed E-state index contributed by atoms with van der Waals surface area (Å²) < 4.78 is 54.8. The Morgan fingerprint density at radius 2 is 1.80 bits per heavy atom. The van der Waals surface area contributed by atoms with Gasteiger partial charge in [-0.05, 0) is 37.8 Å². The Bertz CT molecular complexity index is 1660. The molecule has 3 aromatic heterocycles. The van der Waals surface area contributed by atoms with Crippen molar-refractivity contribution in [1.82, 2.24) is 29.3 Å². The average Bonchev–Trinajstić information content (AvgIpc) is 3.55. The van der Waals surface area contributed by atoms with Gasteiger partial charge in [-0.2, -0.15) is 18.3 Å². The summed E-state index contributed by atoms with van der Waals surface area (Å²) in [6.45, 7) is 0. The van der Waals surface area contributed by atoms with Gasteiger partial charge in [0.1, 0.15) is 23.6 Å². The zero-order valence-electron chi connectivity index (χ0n) is 23.2. The number of imidazole rings is 1. The van der Waals surface area contributed by atoms with Crippen molar-refractivity contribution in [2.75, 3.05) is 19.1 Å². The lowest BCUT2D eigenvalue weighted by molar-refractivity contribution is -0.140. The van der Waals surface area contributed by atoms with Crippen molar-refractivity contribution in [3.05, 3.63) is 53.4 Å². The first-order valence-corrected chi connectivity index (χ1v) is 13.7. The fourth-order valence-electron chi connectivity index (χ4n) is 6.64. The van der Waals surface area contributed by atoms with Crippen LogP contribution < -0.4 is 14.4 Å². The van der Waals surface area contributed by atoms with Gasteiger partial charge in [-0.3, -0.25) is 4.68 Å². The van der Waals surface area contributed by atoms with E-state index in [-0.39, 0.29) is 17.9 Å². The van der Waals surface area contributed by atoms with E-state index >= 15 is 0 Å². The van der Waals surface area contributed by atoms with Gasteiger partial charge in [0.2, 0.25) is 5.88 Å². The lowest BCUT2D eigenvalue weighted by Gasteiger charge is -2.37. The Hall–Kier alpha value is -4.09. The van der Waals surface area contributed by atoms with E-state index in [1.54, 1.807) is 26.6 Å². The van der Waals surface area contributed by atoms with Crippen LogP contribution in [0.1, 0.15) is 60.3 Å². The number of methoxy groups -OCH3 is 2. The maximum atomic E-state index is 13.3. The highest BCUT2D eigenvalue weighted by atomic mass is 19.4. The van der Waals surface area contributed by atoms with Crippen molar-refractivity contribution in [2.45, 2.75) is 56.3 Å². The molecule has 0 spiro atoms. The second-order valence-corrected chi connectivity index (χ2v) is 11.1. The van der Waals surface area contributed by atoms with Crippen LogP contribution in [0.15, 0.2) is 30.7 Å². The topological polar surface area (TPSA) is 83.1 Å². The van der Waals surface area contributed by atoms with Crippen LogP contribution in [0, 0.1) is 0 Å². The molecule has 9 nitrogen and oxygen atoms in total. The summed E-state index contributed by atoms with van der Waals surface area (Å²) in [4.78, 5) is 15.4. The van der Waals surface area contributed by atoms with E-state index in [2.05, 4.69) is 19.9 Å². The monoisotopic (exact) mass is 565 g/mol. The molecule has 2 bridgehead atoms. The van der Waals surface area contributed by atoms with Crippen LogP contribution in [-0.4, -0.2) is 49.6 Å². The number of benzene rings is 1. The Labute approximate surface area is 234 Å². The molecule has 2 aliphatic heterocycles. The number of anilines is 1. The molecule has 3 aliphatic rings. The average molecular weight is 566 g/mol. The molecule has 0 amide bonds. The van der Waals surface area contributed by atoms with E-state index in [1.165, 1.54) is 22.9 Å². The summed E-state index contributed by atoms with van der Waals surface area (Å²) >= 11 is 0. The number of ether oxygens (including phenoxy) is 2. The Balaban J connectivity index is 1.31. The van der Waals surface area contributed by atoms with Gasteiger partial charge in [0.15, 0.2) is 5.69 Å². The second-order valence-electron chi connectivity index (χ2n) is 11.1. The molecule has 1 aliphatic carbocycles. The number of aryl methyl sites for hydroxylation is 2. The van der Waals surface area contributed by atoms with Crippen molar-refractivity contribution in [3.8, 4) is 34.3 Å². The van der Waals surface area contributed by atoms with E-state index < -0.39 is 11.9 Å². The zero-order valence-corrected chi connectivity index (χ0v) is 23.2. The highest BCUT2D eigenvalue weighted by molar-refractivity contribution is 5.76. The van der Waals surface area contributed by atoms with Gasteiger partial charge < -0.3 is 18.9 Å². The van der Waals surface area contributed by atoms with Crippen LogP contribution in [0.4, 0.5) is 18.9 Å². The largest absolute Gasteiger partial charge is 0.496 e. The molecule has 2 fully saturated rings. The number of alkyl halides is 3. The lowest BCUT2D eigenvalue weighted by Crippen LogP contribution is -2.38. The van der Waals surface area contributed by atoms with Crippen LogP contribution in [0.25, 0.3) is 22.6 Å². The molecule has 1 aromatic carbocycles. The lowest BCUT2D eigenvalue weighted by atomic mass is 9.92. The number of aromatic nitrogens is 6. The number of hydrogen-bond donors (Lipinski definition) is 0. The van der Waals surface area contributed by atoms with Crippen LogP contribution in [0.5, 0.6) is 11.6 Å². The third-order valence-corrected chi connectivity index (χ3v) is 8.60. The van der Waals surface area contributed by atoms with E-state index in [1.807, 2.05) is 23.9 Å². The highest BCUT2D eigenvalue weighted by Crippen LogP contribution is 2.53. The number of nitrogens with zero attached hydrogens (tertiary/aromatic N) is 7. The first-order chi connectivity index (χ1) is 19.7. The molecule has 5 heterocycles. The van der Waals surface area contributed by atoms with Crippen LogP contribution in [0.2, 0.25) is 0 Å². The molecule has 1 saturated heterocycles. The van der Waals surface area contributed by atoms with E-state index in [9.17, 15) is 13.2 Å². The third-order valence-electron chi connectivity index (χ3n) is 8.60. The first kappa shape index (κ1) is 25.8. The molecule has 214 valence electrons. The van der Waals surface area contributed by atoms with Crippen LogP contribution >= 0.6 is 0 Å². The number of halogens is 3. The minimum atomic E-state index is -4.53. The number of hydrogen-bond acceptors (Lipinski definition) is 7. The molecule has 0 radical (unpaired) electrons. The van der Waals surface area contributed by atoms with Gasteiger partial charge in [-0.25, -0.2) is 15.0 Å². The summed E-state index contributed by atoms with van der Waals surface area (Å²) in [6, 6.07) is 5.98. The molecule has 41 heavy (non-hydrogen) atoms. The molecule has 7 rings (SSSR count). The summed E-state index contributed by atoms with van der Waals surface area (Å²) in [5.41, 5.74) is 5.62. The summed E-state index contributed by atoms with van der Waals surface area (Å²) in [7, 11) is 6.70. The molecule has 2 unspecified atom stereocenters. The van der Waals surface area contributed by atoms with Crippen molar-refractivity contribution in [2.24, 2.45) is 14.1 Å². The predicted molar refractivity (Wildman–Crippen MR) is 145 cm³/mol.